The quantitative estimate of drug-likeness (QED) is 0.774. The van der Waals surface area contributed by atoms with E-state index in [9.17, 15) is 5.11 Å². The van der Waals surface area contributed by atoms with E-state index >= 15 is 0 Å². The molecule has 0 bridgehead atoms. The third-order valence-corrected chi connectivity index (χ3v) is 4.29. The Balaban J connectivity index is 1.78. The third kappa shape index (κ3) is 2.94. The largest absolute Gasteiger partial charge is 0.393 e. The van der Waals surface area contributed by atoms with Gasteiger partial charge in [-0.05, 0) is 44.1 Å². The highest BCUT2D eigenvalue weighted by Crippen LogP contribution is 2.28. The summed E-state index contributed by atoms with van der Waals surface area (Å²) in [5.41, 5.74) is 0. The third-order valence-electron chi connectivity index (χ3n) is 4.29. The Labute approximate surface area is 93.7 Å². The summed E-state index contributed by atoms with van der Waals surface area (Å²) < 4.78 is 0. The number of likely N-dealkylation sites (tertiary alicyclic amines) is 1. The number of nitrogens with zero attached hydrogens (tertiary/aromatic N) is 1. The molecular weight excluding hydrogens is 186 g/mol. The van der Waals surface area contributed by atoms with Crippen molar-refractivity contribution in [3.05, 3.63) is 0 Å². The van der Waals surface area contributed by atoms with Crippen molar-refractivity contribution in [2.24, 2.45) is 11.8 Å². The molecular formula is C13H25NO. The fourth-order valence-corrected chi connectivity index (χ4v) is 3.21. The fourth-order valence-electron chi connectivity index (χ4n) is 3.21. The predicted molar refractivity (Wildman–Crippen MR) is 62.8 cm³/mol. The van der Waals surface area contributed by atoms with E-state index in [1.54, 1.807) is 0 Å². The van der Waals surface area contributed by atoms with E-state index in [0.717, 1.165) is 18.9 Å². The lowest BCUT2D eigenvalue weighted by Gasteiger charge is -2.34. The molecule has 1 N–H and O–H groups in total. The minimum atomic E-state index is -0.00740. The minimum Gasteiger partial charge on any atom is -0.393 e. The van der Waals surface area contributed by atoms with Crippen LogP contribution < -0.4 is 0 Å². The molecule has 1 aliphatic carbocycles. The number of hydrogen-bond acceptors (Lipinski definition) is 2. The molecule has 1 heterocycles. The van der Waals surface area contributed by atoms with Crippen LogP contribution in [0.25, 0.3) is 0 Å². The summed E-state index contributed by atoms with van der Waals surface area (Å²) in [6.45, 7) is 6.00. The second kappa shape index (κ2) is 5.31. The maximum Gasteiger partial charge on any atom is 0.0580 e. The Bertz CT molecular complexity index is 195. The zero-order valence-electron chi connectivity index (χ0n) is 9.99. The zero-order valence-corrected chi connectivity index (χ0v) is 9.99. The molecule has 2 rings (SSSR count). The van der Waals surface area contributed by atoms with Crippen LogP contribution in [0.5, 0.6) is 0 Å². The summed E-state index contributed by atoms with van der Waals surface area (Å²) >= 11 is 0. The lowest BCUT2D eigenvalue weighted by molar-refractivity contribution is 0.0826. The molecule has 0 radical (unpaired) electrons. The number of hydrogen-bond donors (Lipinski definition) is 1. The first-order valence-corrected chi connectivity index (χ1v) is 6.70. The van der Waals surface area contributed by atoms with Crippen molar-refractivity contribution in [2.45, 2.75) is 51.6 Å². The highest BCUT2D eigenvalue weighted by atomic mass is 16.3. The monoisotopic (exact) mass is 211 g/mol. The molecule has 3 unspecified atom stereocenters. The molecule has 2 fully saturated rings. The number of rotatable bonds is 3. The summed E-state index contributed by atoms with van der Waals surface area (Å²) in [6.07, 6.45) is 7.61. The van der Waals surface area contributed by atoms with Gasteiger partial charge in [0, 0.05) is 13.1 Å². The number of piperidine rings is 1. The molecule has 0 amide bonds. The number of aliphatic hydroxyl groups excluding tert-OH is 1. The van der Waals surface area contributed by atoms with E-state index in [4.69, 9.17) is 0 Å². The van der Waals surface area contributed by atoms with E-state index < -0.39 is 0 Å². The normalized spacial score (nSPS) is 38.4. The average Bonchev–Trinajstić information content (AvgIpc) is 2.65. The Morgan fingerprint density at radius 1 is 1.20 bits per heavy atom. The van der Waals surface area contributed by atoms with Crippen LogP contribution in [0.3, 0.4) is 0 Å². The summed E-state index contributed by atoms with van der Waals surface area (Å²) in [5.74, 6) is 1.48. The Morgan fingerprint density at radius 3 is 2.73 bits per heavy atom. The second-order valence-corrected chi connectivity index (χ2v) is 5.43. The molecule has 2 heteroatoms. The Morgan fingerprint density at radius 2 is 2.07 bits per heavy atom. The summed E-state index contributed by atoms with van der Waals surface area (Å²) in [4.78, 5) is 2.59. The van der Waals surface area contributed by atoms with Crippen molar-refractivity contribution in [1.29, 1.82) is 0 Å². The molecule has 0 aromatic carbocycles. The lowest BCUT2D eigenvalue weighted by Crippen LogP contribution is -2.39. The summed E-state index contributed by atoms with van der Waals surface area (Å²) in [5, 5.41) is 9.82. The maximum absolute atomic E-state index is 9.82. The van der Waals surface area contributed by atoms with Gasteiger partial charge in [0.2, 0.25) is 0 Å². The van der Waals surface area contributed by atoms with Crippen molar-refractivity contribution in [1.82, 2.24) is 4.90 Å². The Kier molecular flexibility index (Phi) is 4.04. The predicted octanol–water partition coefficient (Wildman–Crippen LogP) is 2.27. The van der Waals surface area contributed by atoms with Crippen LogP contribution >= 0.6 is 0 Å². The topological polar surface area (TPSA) is 23.5 Å². The van der Waals surface area contributed by atoms with E-state index in [0.29, 0.717) is 5.92 Å². The summed E-state index contributed by atoms with van der Waals surface area (Å²) in [7, 11) is 0. The molecule has 2 aliphatic rings. The fraction of sp³-hybridized carbons (Fsp3) is 1.00. The molecule has 0 aromatic heterocycles. The van der Waals surface area contributed by atoms with Crippen molar-refractivity contribution in [2.75, 3.05) is 19.6 Å². The summed E-state index contributed by atoms with van der Waals surface area (Å²) in [6, 6.07) is 0. The number of aliphatic hydroxyl groups is 1. The molecule has 1 saturated heterocycles. The molecule has 88 valence electrons. The minimum absolute atomic E-state index is 0.00740. The Hall–Kier alpha value is -0.0800. The molecule has 3 atom stereocenters. The van der Waals surface area contributed by atoms with Gasteiger partial charge in [-0.3, -0.25) is 0 Å². The molecule has 1 saturated carbocycles. The van der Waals surface area contributed by atoms with Crippen LogP contribution in [-0.4, -0.2) is 35.7 Å². The van der Waals surface area contributed by atoms with Gasteiger partial charge in [-0.25, -0.2) is 0 Å². The van der Waals surface area contributed by atoms with Crippen molar-refractivity contribution < 1.29 is 5.11 Å². The van der Waals surface area contributed by atoms with Crippen LogP contribution in [0.4, 0.5) is 0 Å². The smallest absolute Gasteiger partial charge is 0.0580 e. The SMILES string of the molecule is CCC1CCCN(CC2CCCC2O)C1. The highest BCUT2D eigenvalue weighted by Gasteiger charge is 2.28. The van der Waals surface area contributed by atoms with Crippen LogP contribution in [0, 0.1) is 11.8 Å². The van der Waals surface area contributed by atoms with E-state index in [1.165, 1.54) is 45.2 Å². The molecule has 15 heavy (non-hydrogen) atoms. The van der Waals surface area contributed by atoms with Gasteiger partial charge >= 0.3 is 0 Å². The van der Waals surface area contributed by atoms with Gasteiger partial charge in [0.1, 0.15) is 0 Å². The van der Waals surface area contributed by atoms with Crippen molar-refractivity contribution >= 4 is 0 Å². The standard InChI is InChI=1S/C13H25NO/c1-2-11-5-4-8-14(9-11)10-12-6-3-7-13(12)15/h11-13,15H,2-10H2,1H3. The van der Waals surface area contributed by atoms with Gasteiger partial charge in [-0.15, -0.1) is 0 Å². The van der Waals surface area contributed by atoms with Crippen molar-refractivity contribution in [3.63, 3.8) is 0 Å². The zero-order chi connectivity index (χ0) is 10.7. The van der Waals surface area contributed by atoms with Gasteiger partial charge in [0.25, 0.3) is 0 Å². The van der Waals surface area contributed by atoms with E-state index in [2.05, 4.69) is 11.8 Å². The van der Waals surface area contributed by atoms with Gasteiger partial charge in [0.05, 0.1) is 6.10 Å². The maximum atomic E-state index is 9.82. The second-order valence-electron chi connectivity index (χ2n) is 5.43. The van der Waals surface area contributed by atoms with Crippen LogP contribution in [0.15, 0.2) is 0 Å². The van der Waals surface area contributed by atoms with Gasteiger partial charge < -0.3 is 10.0 Å². The molecule has 2 nitrogen and oxygen atoms in total. The van der Waals surface area contributed by atoms with Crippen LogP contribution in [0.2, 0.25) is 0 Å². The molecule has 0 aromatic rings. The van der Waals surface area contributed by atoms with Gasteiger partial charge in [-0.2, -0.15) is 0 Å². The first-order chi connectivity index (χ1) is 7.29. The van der Waals surface area contributed by atoms with E-state index in [1.807, 2.05) is 0 Å². The van der Waals surface area contributed by atoms with Gasteiger partial charge in [0.15, 0.2) is 0 Å². The average molecular weight is 211 g/mol. The first-order valence-electron chi connectivity index (χ1n) is 6.70. The lowest BCUT2D eigenvalue weighted by atomic mass is 9.94. The van der Waals surface area contributed by atoms with Gasteiger partial charge in [-0.1, -0.05) is 19.8 Å². The first kappa shape index (κ1) is 11.4. The van der Waals surface area contributed by atoms with E-state index in [-0.39, 0.29) is 6.10 Å². The van der Waals surface area contributed by atoms with Crippen molar-refractivity contribution in [3.8, 4) is 0 Å². The molecule has 0 spiro atoms. The van der Waals surface area contributed by atoms with Crippen LogP contribution in [-0.2, 0) is 0 Å². The highest BCUT2D eigenvalue weighted by molar-refractivity contribution is 4.81. The molecule has 1 aliphatic heterocycles. The van der Waals surface area contributed by atoms with Crippen LogP contribution in [0.1, 0.15) is 45.4 Å².